The molecule has 0 atom stereocenters. The first-order valence-electron chi connectivity index (χ1n) is 8.62. The highest BCUT2D eigenvalue weighted by atomic mass is 32.2. The van der Waals surface area contributed by atoms with Crippen molar-refractivity contribution in [3.05, 3.63) is 34.1 Å². The number of morpholine rings is 2. The third kappa shape index (κ3) is 4.01. The molecule has 0 aromatic carbocycles. The van der Waals surface area contributed by atoms with Gasteiger partial charge in [-0.3, -0.25) is 0 Å². The van der Waals surface area contributed by atoms with Crippen molar-refractivity contribution >= 4 is 49.8 Å². The van der Waals surface area contributed by atoms with E-state index in [1.807, 2.05) is 34.9 Å². The summed E-state index contributed by atoms with van der Waals surface area (Å²) in [6, 6.07) is 4.54. The van der Waals surface area contributed by atoms with Crippen molar-refractivity contribution in [2.24, 2.45) is 0 Å². The molecule has 7 heteroatoms. The van der Waals surface area contributed by atoms with Gasteiger partial charge in [-0.25, -0.2) is 4.58 Å². The Bertz CT molecular complexity index is 710. The van der Waals surface area contributed by atoms with Crippen LogP contribution in [0.1, 0.15) is 4.88 Å². The summed E-state index contributed by atoms with van der Waals surface area (Å²) >= 11 is 5.64. The quantitative estimate of drug-likeness (QED) is 0.731. The second-order valence-electron chi connectivity index (χ2n) is 6.01. The molecular formula is C18H23N2O2S3+. The molecule has 4 rings (SSSR count). The van der Waals surface area contributed by atoms with Gasteiger partial charge in [0.15, 0.2) is 13.1 Å². The molecule has 3 aliphatic heterocycles. The Hall–Kier alpha value is -0.730. The summed E-state index contributed by atoms with van der Waals surface area (Å²) in [5.74, 6) is 0. The van der Waals surface area contributed by atoms with E-state index in [1.165, 1.54) is 24.7 Å². The average molecular weight is 396 g/mol. The third-order valence-electron chi connectivity index (χ3n) is 4.48. The first-order valence-corrected chi connectivity index (χ1v) is 11.5. The largest absolute Gasteiger partial charge is 0.378 e. The zero-order valence-corrected chi connectivity index (χ0v) is 16.9. The molecular weight excluding hydrogens is 372 g/mol. The fourth-order valence-corrected chi connectivity index (χ4v) is 6.51. The molecule has 1 aromatic heterocycles. The van der Waals surface area contributed by atoms with Crippen LogP contribution in [0.25, 0.3) is 4.91 Å². The number of thioether (sulfide) groups is 2. The molecule has 0 aliphatic carbocycles. The van der Waals surface area contributed by atoms with Crippen LogP contribution in [-0.4, -0.2) is 68.5 Å². The Labute approximate surface area is 161 Å². The number of thiophene rings is 1. The molecule has 0 amide bonds. The van der Waals surface area contributed by atoms with Crippen molar-refractivity contribution in [2.75, 3.05) is 63.8 Å². The van der Waals surface area contributed by atoms with Gasteiger partial charge in [-0.2, -0.15) is 0 Å². The number of hydrogen-bond donors (Lipinski definition) is 0. The van der Waals surface area contributed by atoms with Crippen LogP contribution in [0.5, 0.6) is 0 Å². The molecule has 25 heavy (non-hydrogen) atoms. The van der Waals surface area contributed by atoms with E-state index in [0.29, 0.717) is 0 Å². The van der Waals surface area contributed by atoms with Crippen LogP contribution >= 0.6 is 34.9 Å². The van der Waals surface area contributed by atoms with Crippen molar-refractivity contribution in [1.82, 2.24) is 0 Å². The molecule has 0 unspecified atom stereocenters. The van der Waals surface area contributed by atoms with E-state index in [2.05, 4.69) is 40.0 Å². The fourth-order valence-electron chi connectivity index (χ4n) is 3.13. The second kappa shape index (κ2) is 8.31. The number of nitrogens with zero attached hydrogens (tertiary/aromatic N) is 2. The van der Waals surface area contributed by atoms with Crippen molar-refractivity contribution in [2.45, 2.75) is 0 Å². The highest BCUT2D eigenvalue weighted by molar-refractivity contribution is 8.19. The molecule has 3 aliphatic rings. The van der Waals surface area contributed by atoms with Crippen LogP contribution in [-0.2, 0) is 9.47 Å². The smallest absolute Gasteiger partial charge is 0.239 e. The highest BCUT2D eigenvalue weighted by Crippen LogP contribution is 2.43. The Morgan fingerprint density at radius 3 is 2.60 bits per heavy atom. The number of anilines is 1. The fraction of sp³-hybridized carbons (Fsp3) is 0.500. The summed E-state index contributed by atoms with van der Waals surface area (Å²) in [6.45, 7) is 7.31. The molecule has 0 N–H and O–H groups in total. The average Bonchev–Trinajstić information content (AvgIpc) is 3.35. The standard InChI is InChI=1S/C18H23N2O2S3/c1-23-18(14-2-4-16(24-14)19-6-10-21-11-7-19)15-3-5-17(25-15)20-8-12-22-13-9-20/h2-5H,6-13H2,1H3/q+1. The summed E-state index contributed by atoms with van der Waals surface area (Å²) in [6.07, 6.45) is 6.71. The van der Waals surface area contributed by atoms with Gasteiger partial charge in [0.05, 0.1) is 18.2 Å². The molecule has 4 heterocycles. The van der Waals surface area contributed by atoms with Crippen molar-refractivity contribution in [3.63, 3.8) is 0 Å². The lowest BCUT2D eigenvalue weighted by molar-refractivity contribution is -0.546. The van der Waals surface area contributed by atoms with Crippen molar-refractivity contribution in [3.8, 4) is 0 Å². The lowest BCUT2D eigenvalue weighted by atomic mass is 10.3. The maximum atomic E-state index is 5.47. The minimum atomic E-state index is 0.833. The molecule has 134 valence electrons. The van der Waals surface area contributed by atoms with Crippen molar-refractivity contribution < 1.29 is 14.0 Å². The summed E-state index contributed by atoms with van der Waals surface area (Å²) in [5.41, 5.74) is 0. The molecule has 2 saturated heterocycles. The minimum absolute atomic E-state index is 0.833. The lowest BCUT2D eigenvalue weighted by Gasteiger charge is -2.27. The Kier molecular flexibility index (Phi) is 5.87. The van der Waals surface area contributed by atoms with E-state index in [4.69, 9.17) is 9.47 Å². The van der Waals surface area contributed by atoms with Gasteiger partial charge < -0.3 is 14.4 Å². The lowest BCUT2D eigenvalue weighted by Crippen LogP contribution is -2.35. The van der Waals surface area contributed by atoms with E-state index < -0.39 is 0 Å². The Morgan fingerprint density at radius 1 is 1.08 bits per heavy atom. The molecule has 4 nitrogen and oxygen atoms in total. The molecule has 0 saturated carbocycles. The van der Waals surface area contributed by atoms with E-state index in [9.17, 15) is 0 Å². The number of allylic oxidation sites excluding steroid dienone is 1. The van der Waals surface area contributed by atoms with Gasteiger partial charge in [-0.15, -0.1) is 23.1 Å². The number of hydrogen-bond acceptors (Lipinski definition) is 6. The van der Waals surface area contributed by atoms with E-state index in [1.54, 1.807) is 0 Å². The highest BCUT2D eigenvalue weighted by Gasteiger charge is 2.24. The van der Waals surface area contributed by atoms with Gasteiger partial charge >= 0.3 is 0 Å². The van der Waals surface area contributed by atoms with Gasteiger partial charge in [0, 0.05) is 33.9 Å². The van der Waals surface area contributed by atoms with Crippen LogP contribution in [0.2, 0.25) is 0 Å². The third-order valence-corrected chi connectivity index (χ3v) is 7.91. The zero-order valence-electron chi connectivity index (χ0n) is 14.4. The second-order valence-corrected chi connectivity index (χ2v) is 8.95. The van der Waals surface area contributed by atoms with Gasteiger partial charge in [-0.1, -0.05) is 0 Å². The maximum Gasteiger partial charge on any atom is 0.239 e. The first kappa shape index (κ1) is 17.7. The van der Waals surface area contributed by atoms with E-state index >= 15 is 0 Å². The van der Waals surface area contributed by atoms with Gasteiger partial charge in [-0.05, 0) is 36.2 Å². The molecule has 0 spiro atoms. The predicted molar refractivity (Wildman–Crippen MR) is 110 cm³/mol. The summed E-state index contributed by atoms with van der Waals surface area (Å²) < 4.78 is 13.4. The Morgan fingerprint density at radius 2 is 1.84 bits per heavy atom. The van der Waals surface area contributed by atoms with E-state index in [-0.39, 0.29) is 0 Å². The Balaban J connectivity index is 1.55. The number of ether oxygens (including phenoxy) is 2. The summed E-state index contributed by atoms with van der Waals surface area (Å²) in [7, 11) is 0. The van der Waals surface area contributed by atoms with Gasteiger partial charge in [0.2, 0.25) is 5.04 Å². The normalized spacial score (nSPS) is 23.5. The number of rotatable bonds is 3. The van der Waals surface area contributed by atoms with Gasteiger partial charge in [0.25, 0.3) is 0 Å². The van der Waals surface area contributed by atoms with E-state index in [0.717, 1.165) is 52.6 Å². The SMILES string of the molecule is CSC(=C1C=CC(=[N+]2CCOCC2)S1)c1ccc(N2CCOCC2)s1. The van der Waals surface area contributed by atoms with Crippen LogP contribution in [0.4, 0.5) is 5.00 Å². The summed E-state index contributed by atoms with van der Waals surface area (Å²) in [4.78, 5) is 6.55. The van der Waals surface area contributed by atoms with Crippen LogP contribution in [0.3, 0.4) is 0 Å². The van der Waals surface area contributed by atoms with Crippen LogP contribution in [0, 0.1) is 0 Å². The molecule has 0 bridgehead atoms. The topological polar surface area (TPSA) is 24.7 Å². The first-order chi connectivity index (χ1) is 12.3. The van der Waals surface area contributed by atoms with Crippen molar-refractivity contribution in [1.29, 1.82) is 0 Å². The maximum absolute atomic E-state index is 5.47. The molecule has 0 radical (unpaired) electrons. The molecule has 2 fully saturated rings. The molecule has 1 aromatic rings. The van der Waals surface area contributed by atoms with Gasteiger partial charge in [0.1, 0.15) is 13.2 Å². The zero-order chi connectivity index (χ0) is 17.1. The van der Waals surface area contributed by atoms with Crippen LogP contribution < -0.4 is 4.90 Å². The summed E-state index contributed by atoms with van der Waals surface area (Å²) in [5, 5.41) is 2.71. The predicted octanol–water partition coefficient (Wildman–Crippen LogP) is 3.36. The monoisotopic (exact) mass is 395 g/mol. The van der Waals surface area contributed by atoms with Crippen LogP contribution in [0.15, 0.2) is 29.2 Å². The minimum Gasteiger partial charge on any atom is -0.378 e.